The second-order valence-electron chi connectivity index (χ2n) is 6.69. The maximum absolute atomic E-state index is 12.3. The number of carbonyl (C=O) groups excluding carboxylic acids is 2. The average Bonchev–Trinajstić information content (AvgIpc) is 3.00. The SMILES string of the molecule is COC(=O)c1sc(C#CC(C)(C)C)cc1NCC(=O)N1CCSCC1. The van der Waals surface area contributed by atoms with Gasteiger partial charge in [-0.3, -0.25) is 4.79 Å². The Hall–Kier alpha value is -1.65. The summed E-state index contributed by atoms with van der Waals surface area (Å²) in [6, 6.07) is 1.81. The number of hydrogen-bond acceptors (Lipinski definition) is 6. The Kier molecular flexibility index (Phi) is 6.79. The van der Waals surface area contributed by atoms with Crippen molar-refractivity contribution in [3.63, 3.8) is 0 Å². The highest BCUT2D eigenvalue weighted by atomic mass is 32.2. The number of nitrogens with one attached hydrogen (secondary N) is 1. The quantitative estimate of drug-likeness (QED) is 0.643. The van der Waals surface area contributed by atoms with Crippen LogP contribution in [0.2, 0.25) is 0 Å². The van der Waals surface area contributed by atoms with Gasteiger partial charge < -0.3 is 15.0 Å². The number of nitrogens with zero attached hydrogens (tertiary/aromatic N) is 1. The molecule has 0 aliphatic carbocycles. The number of anilines is 1. The summed E-state index contributed by atoms with van der Waals surface area (Å²) >= 11 is 3.14. The maximum Gasteiger partial charge on any atom is 0.350 e. The summed E-state index contributed by atoms with van der Waals surface area (Å²) in [5.41, 5.74) is 0.486. The van der Waals surface area contributed by atoms with Crippen LogP contribution < -0.4 is 5.32 Å². The molecule has 0 bridgehead atoms. The lowest BCUT2D eigenvalue weighted by Crippen LogP contribution is -2.41. The Morgan fingerprint density at radius 3 is 2.60 bits per heavy atom. The number of thiophene rings is 1. The Balaban J connectivity index is 2.11. The first-order valence-electron chi connectivity index (χ1n) is 8.15. The van der Waals surface area contributed by atoms with Crippen LogP contribution in [0.5, 0.6) is 0 Å². The van der Waals surface area contributed by atoms with E-state index in [-0.39, 0.29) is 17.9 Å². The minimum Gasteiger partial charge on any atom is -0.465 e. The number of rotatable bonds is 4. The molecule has 0 aromatic carbocycles. The molecule has 0 radical (unpaired) electrons. The van der Waals surface area contributed by atoms with E-state index in [1.807, 2.05) is 43.5 Å². The van der Waals surface area contributed by atoms with Crippen LogP contribution in [0.3, 0.4) is 0 Å². The fourth-order valence-corrected chi connectivity index (χ4v) is 3.98. The zero-order valence-corrected chi connectivity index (χ0v) is 16.7. The number of hydrogen-bond donors (Lipinski definition) is 1. The lowest BCUT2D eigenvalue weighted by atomic mass is 9.98. The molecular weight excluding hydrogens is 356 g/mol. The van der Waals surface area contributed by atoms with E-state index in [0.29, 0.717) is 10.6 Å². The summed E-state index contributed by atoms with van der Waals surface area (Å²) in [6.45, 7) is 7.82. The molecule has 1 aromatic rings. The van der Waals surface area contributed by atoms with E-state index in [1.165, 1.54) is 18.4 Å². The summed E-state index contributed by atoms with van der Waals surface area (Å²) in [5.74, 6) is 7.83. The third-order valence-corrected chi connectivity index (χ3v) is 5.43. The van der Waals surface area contributed by atoms with Crippen molar-refractivity contribution in [2.24, 2.45) is 5.41 Å². The van der Waals surface area contributed by atoms with Crippen LogP contribution in [0, 0.1) is 17.3 Å². The van der Waals surface area contributed by atoms with E-state index in [4.69, 9.17) is 4.74 Å². The Bertz CT molecular complexity index is 689. The number of methoxy groups -OCH3 is 1. The highest BCUT2D eigenvalue weighted by Gasteiger charge is 2.20. The van der Waals surface area contributed by atoms with Crippen molar-refractivity contribution < 1.29 is 14.3 Å². The van der Waals surface area contributed by atoms with E-state index < -0.39 is 5.97 Å². The average molecular weight is 381 g/mol. The van der Waals surface area contributed by atoms with Gasteiger partial charge in [-0.05, 0) is 26.8 Å². The van der Waals surface area contributed by atoms with Crippen LogP contribution in [0.15, 0.2) is 6.07 Å². The summed E-state index contributed by atoms with van der Waals surface area (Å²) in [7, 11) is 1.35. The second kappa shape index (κ2) is 8.63. The summed E-state index contributed by atoms with van der Waals surface area (Å²) in [4.78, 5) is 27.4. The van der Waals surface area contributed by atoms with Gasteiger partial charge in [-0.25, -0.2) is 4.79 Å². The molecule has 1 aliphatic rings. The van der Waals surface area contributed by atoms with Gasteiger partial charge in [0.2, 0.25) is 5.91 Å². The molecule has 2 rings (SSSR count). The van der Waals surface area contributed by atoms with Crippen molar-refractivity contribution in [2.45, 2.75) is 20.8 Å². The number of esters is 1. The molecule has 2 heterocycles. The highest BCUT2D eigenvalue weighted by Crippen LogP contribution is 2.28. The topological polar surface area (TPSA) is 58.6 Å². The monoisotopic (exact) mass is 380 g/mol. The Labute approximate surface area is 157 Å². The third kappa shape index (κ3) is 5.98. The van der Waals surface area contributed by atoms with Crippen molar-refractivity contribution in [3.8, 4) is 11.8 Å². The number of thioether (sulfide) groups is 1. The molecule has 25 heavy (non-hydrogen) atoms. The van der Waals surface area contributed by atoms with Crippen molar-refractivity contribution >= 4 is 40.7 Å². The smallest absolute Gasteiger partial charge is 0.350 e. The van der Waals surface area contributed by atoms with Crippen molar-refractivity contribution in [2.75, 3.05) is 43.6 Å². The molecule has 0 atom stereocenters. The molecule has 0 spiro atoms. The zero-order valence-electron chi connectivity index (χ0n) is 15.1. The number of ether oxygens (including phenoxy) is 1. The summed E-state index contributed by atoms with van der Waals surface area (Å²) in [5, 5.41) is 3.09. The van der Waals surface area contributed by atoms with Crippen LogP contribution in [0.25, 0.3) is 0 Å². The zero-order chi connectivity index (χ0) is 18.4. The van der Waals surface area contributed by atoms with E-state index >= 15 is 0 Å². The third-order valence-electron chi connectivity index (χ3n) is 3.46. The van der Waals surface area contributed by atoms with Crippen LogP contribution in [0.4, 0.5) is 5.69 Å². The van der Waals surface area contributed by atoms with Crippen molar-refractivity contribution in [3.05, 3.63) is 15.8 Å². The van der Waals surface area contributed by atoms with Crippen LogP contribution in [-0.4, -0.2) is 55.0 Å². The highest BCUT2D eigenvalue weighted by molar-refractivity contribution is 7.99. The van der Waals surface area contributed by atoms with Crippen LogP contribution >= 0.6 is 23.1 Å². The normalized spacial score (nSPS) is 14.5. The van der Waals surface area contributed by atoms with Gasteiger partial charge in [0.1, 0.15) is 4.88 Å². The molecule has 1 N–H and O–H groups in total. The Morgan fingerprint density at radius 2 is 2.00 bits per heavy atom. The van der Waals surface area contributed by atoms with Gasteiger partial charge in [0, 0.05) is 30.0 Å². The first kappa shape index (κ1) is 19.7. The van der Waals surface area contributed by atoms with Crippen molar-refractivity contribution in [1.29, 1.82) is 0 Å². The van der Waals surface area contributed by atoms with Crippen LogP contribution in [-0.2, 0) is 9.53 Å². The number of carbonyl (C=O) groups is 2. The first-order chi connectivity index (χ1) is 11.8. The van der Waals surface area contributed by atoms with Gasteiger partial charge in [-0.15, -0.1) is 11.3 Å². The molecule has 1 aromatic heterocycles. The largest absolute Gasteiger partial charge is 0.465 e. The standard InChI is InChI=1S/C18H24N2O3S2/c1-18(2,3)6-5-13-11-14(16(25-13)17(22)23-4)19-12-15(21)20-7-9-24-10-8-20/h11,19H,7-10,12H2,1-4H3. The molecule has 1 saturated heterocycles. The molecule has 0 saturated carbocycles. The van der Waals surface area contributed by atoms with Gasteiger partial charge >= 0.3 is 5.97 Å². The van der Waals surface area contributed by atoms with Gasteiger partial charge in [0.15, 0.2) is 0 Å². The fourth-order valence-electron chi connectivity index (χ4n) is 2.17. The number of amides is 1. The second-order valence-corrected chi connectivity index (χ2v) is 8.97. The van der Waals surface area contributed by atoms with Crippen LogP contribution in [0.1, 0.15) is 35.3 Å². The molecule has 136 valence electrons. The summed E-state index contributed by atoms with van der Waals surface area (Å²) < 4.78 is 4.84. The predicted molar refractivity (Wildman–Crippen MR) is 104 cm³/mol. The first-order valence-corrected chi connectivity index (χ1v) is 10.1. The lowest BCUT2D eigenvalue weighted by molar-refractivity contribution is -0.128. The van der Waals surface area contributed by atoms with Gasteiger partial charge in [0.25, 0.3) is 0 Å². The van der Waals surface area contributed by atoms with Crippen molar-refractivity contribution in [1.82, 2.24) is 4.90 Å². The molecule has 1 amide bonds. The van der Waals surface area contributed by atoms with E-state index in [0.717, 1.165) is 29.5 Å². The Morgan fingerprint density at radius 1 is 1.32 bits per heavy atom. The fraction of sp³-hybridized carbons (Fsp3) is 0.556. The molecule has 7 heteroatoms. The predicted octanol–water partition coefficient (Wildman–Crippen LogP) is 2.92. The molecule has 1 aliphatic heterocycles. The molecule has 0 unspecified atom stereocenters. The van der Waals surface area contributed by atoms with Gasteiger partial charge in [-0.2, -0.15) is 11.8 Å². The van der Waals surface area contributed by atoms with E-state index in [2.05, 4.69) is 17.2 Å². The van der Waals surface area contributed by atoms with E-state index in [1.54, 1.807) is 0 Å². The van der Waals surface area contributed by atoms with Gasteiger partial charge in [0.05, 0.1) is 24.2 Å². The molecule has 1 fully saturated rings. The summed E-state index contributed by atoms with van der Waals surface area (Å²) in [6.07, 6.45) is 0. The lowest BCUT2D eigenvalue weighted by Gasteiger charge is -2.26. The van der Waals surface area contributed by atoms with E-state index in [9.17, 15) is 9.59 Å². The molecular formula is C18H24N2O3S2. The minimum absolute atomic E-state index is 0.0460. The van der Waals surface area contributed by atoms with Gasteiger partial charge in [-0.1, -0.05) is 11.8 Å². The minimum atomic E-state index is -0.418. The molecule has 5 nitrogen and oxygen atoms in total. The maximum atomic E-state index is 12.3.